The maximum absolute atomic E-state index is 5.52. The van der Waals surface area contributed by atoms with Gasteiger partial charge in [0.25, 0.3) is 0 Å². The van der Waals surface area contributed by atoms with Crippen molar-refractivity contribution in [2.75, 3.05) is 0 Å². The number of hydrogen-bond acceptors (Lipinski definition) is 1. The minimum absolute atomic E-state index is 0.430. The molecule has 1 rings (SSSR count). The van der Waals surface area contributed by atoms with Crippen LogP contribution < -0.4 is 0 Å². The molecule has 0 atom stereocenters. The van der Waals surface area contributed by atoms with Gasteiger partial charge in [-0.1, -0.05) is 6.58 Å². The molecule has 0 radical (unpaired) electrons. The lowest BCUT2D eigenvalue weighted by molar-refractivity contribution is 1.01. The molecule has 1 heterocycles. The first kappa shape index (κ1) is 6.36. The van der Waals surface area contributed by atoms with E-state index in [9.17, 15) is 0 Å². The molecule has 0 saturated heterocycles. The average molecular weight is 143 g/mol. The van der Waals surface area contributed by atoms with E-state index in [1.165, 1.54) is 0 Å². The van der Waals surface area contributed by atoms with Crippen molar-refractivity contribution in [1.29, 1.82) is 0 Å². The van der Waals surface area contributed by atoms with Crippen LogP contribution in [-0.2, 0) is 5.88 Å². The van der Waals surface area contributed by atoms with Crippen LogP contribution in [0.15, 0.2) is 19.0 Å². The minimum Gasteiger partial charge on any atom is -0.310 e. The van der Waals surface area contributed by atoms with Crippen molar-refractivity contribution in [3.63, 3.8) is 0 Å². The van der Waals surface area contributed by atoms with E-state index in [0.717, 1.165) is 5.82 Å². The van der Waals surface area contributed by atoms with E-state index in [-0.39, 0.29) is 0 Å². The molecule has 1 aromatic heterocycles. The predicted octanol–water partition coefficient (Wildman–Crippen LogP) is 1.72. The second kappa shape index (κ2) is 2.69. The summed E-state index contributed by atoms with van der Waals surface area (Å²) in [6, 6.07) is 0. The lowest BCUT2D eigenvalue weighted by Crippen LogP contribution is -1.89. The maximum atomic E-state index is 5.52. The van der Waals surface area contributed by atoms with E-state index in [1.54, 1.807) is 17.0 Å². The van der Waals surface area contributed by atoms with Gasteiger partial charge in [0.05, 0.1) is 5.88 Å². The smallest absolute Gasteiger partial charge is 0.127 e. The highest BCUT2D eigenvalue weighted by molar-refractivity contribution is 6.16. The van der Waals surface area contributed by atoms with Crippen LogP contribution in [0.2, 0.25) is 0 Å². The van der Waals surface area contributed by atoms with E-state index in [0.29, 0.717) is 5.88 Å². The van der Waals surface area contributed by atoms with Crippen LogP contribution in [-0.4, -0.2) is 9.55 Å². The number of imidazole rings is 1. The second-order valence-corrected chi connectivity index (χ2v) is 1.83. The van der Waals surface area contributed by atoms with Crippen molar-refractivity contribution in [3.8, 4) is 0 Å². The zero-order valence-corrected chi connectivity index (χ0v) is 5.67. The van der Waals surface area contributed by atoms with Gasteiger partial charge < -0.3 is 4.57 Å². The summed E-state index contributed by atoms with van der Waals surface area (Å²) in [5.41, 5.74) is 0. The fourth-order valence-corrected chi connectivity index (χ4v) is 0.821. The minimum atomic E-state index is 0.430. The Kier molecular flexibility index (Phi) is 1.90. The van der Waals surface area contributed by atoms with Gasteiger partial charge >= 0.3 is 0 Å². The molecular formula is C6H7ClN2. The monoisotopic (exact) mass is 142 g/mol. The summed E-state index contributed by atoms with van der Waals surface area (Å²) in [6.07, 6.45) is 5.18. The molecule has 1 aromatic rings. The number of alkyl halides is 1. The fraction of sp³-hybridized carbons (Fsp3) is 0.167. The highest BCUT2D eigenvalue weighted by atomic mass is 35.5. The number of halogens is 1. The molecule has 0 aromatic carbocycles. The molecular weight excluding hydrogens is 136 g/mol. The molecule has 48 valence electrons. The first-order chi connectivity index (χ1) is 4.38. The molecule has 2 nitrogen and oxygen atoms in total. The third-order valence-electron chi connectivity index (χ3n) is 1.07. The van der Waals surface area contributed by atoms with Gasteiger partial charge in [-0.05, 0) is 0 Å². The summed E-state index contributed by atoms with van der Waals surface area (Å²) in [4.78, 5) is 3.97. The molecule has 0 unspecified atom stereocenters. The van der Waals surface area contributed by atoms with Crippen LogP contribution in [0.4, 0.5) is 0 Å². The maximum Gasteiger partial charge on any atom is 0.127 e. The van der Waals surface area contributed by atoms with Crippen LogP contribution in [0.5, 0.6) is 0 Å². The molecule has 0 spiro atoms. The van der Waals surface area contributed by atoms with Crippen LogP contribution in [0.1, 0.15) is 5.82 Å². The Hall–Kier alpha value is -0.760. The highest BCUT2D eigenvalue weighted by Gasteiger charge is 1.93. The van der Waals surface area contributed by atoms with E-state index in [4.69, 9.17) is 11.6 Å². The summed E-state index contributed by atoms with van der Waals surface area (Å²) in [5, 5.41) is 0. The summed E-state index contributed by atoms with van der Waals surface area (Å²) in [5.74, 6) is 1.26. The lowest BCUT2D eigenvalue weighted by Gasteiger charge is -1.93. The summed E-state index contributed by atoms with van der Waals surface area (Å²) < 4.78 is 1.78. The van der Waals surface area contributed by atoms with Gasteiger partial charge in [-0.3, -0.25) is 0 Å². The first-order valence-corrected chi connectivity index (χ1v) is 3.12. The normalized spacial score (nSPS) is 9.44. The Morgan fingerprint density at radius 2 is 2.67 bits per heavy atom. The van der Waals surface area contributed by atoms with Gasteiger partial charge in [0.2, 0.25) is 0 Å². The standard InChI is InChI=1S/C6H7ClN2/c1-2-9-4-3-8-6(9)5-7/h2-4H,1,5H2. The van der Waals surface area contributed by atoms with Gasteiger partial charge in [0, 0.05) is 18.6 Å². The molecule has 0 aliphatic carbocycles. The van der Waals surface area contributed by atoms with Crippen LogP contribution in [0.3, 0.4) is 0 Å². The second-order valence-electron chi connectivity index (χ2n) is 1.57. The molecule has 3 heteroatoms. The molecule has 0 aliphatic rings. The Bertz CT molecular complexity index is 205. The van der Waals surface area contributed by atoms with E-state index in [2.05, 4.69) is 11.6 Å². The highest BCUT2D eigenvalue weighted by Crippen LogP contribution is 2.00. The van der Waals surface area contributed by atoms with Crippen LogP contribution in [0.25, 0.3) is 6.20 Å². The molecule has 9 heavy (non-hydrogen) atoms. The van der Waals surface area contributed by atoms with Crippen molar-refractivity contribution in [3.05, 3.63) is 24.8 Å². The zero-order chi connectivity index (χ0) is 6.69. The number of hydrogen-bond donors (Lipinski definition) is 0. The van der Waals surface area contributed by atoms with Crippen molar-refractivity contribution < 1.29 is 0 Å². The largest absolute Gasteiger partial charge is 0.310 e. The summed E-state index contributed by atoms with van der Waals surface area (Å²) in [7, 11) is 0. The molecule has 0 bridgehead atoms. The molecule has 0 saturated carbocycles. The van der Waals surface area contributed by atoms with Crippen molar-refractivity contribution >= 4 is 17.8 Å². The van der Waals surface area contributed by atoms with E-state index < -0.39 is 0 Å². The quantitative estimate of drug-likeness (QED) is 0.575. The Morgan fingerprint density at radius 1 is 1.89 bits per heavy atom. The number of aromatic nitrogens is 2. The first-order valence-electron chi connectivity index (χ1n) is 2.58. The number of nitrogens with zero attached hydrogens (tertiary/aromatic N) is 2. The Balaban J connectivity index is 2.98. The molecule has 0 aliphatic heterocycles. The van der Waals surface area contributed by atoms with Crippen molar-refractivity contribution in [2.45, 2.75) is 5.88 Å². The summed E-state index contributed by atoms with van der Waals surface area (Å²) in [6.45, 7) is 3.58. The Morgan fingerprint density at radius 3 is 3.11 bits per heavy atom. The van der Waals surface area contributed by atoms with Gasteiger partial charge in [-0.25, -0.2) is 4.98 Å². The summed E-state index contributed by atoms with van der Waals surface area (Å²) >= 11 is 5.52. The topological polar surface area (TPSA) is 17.8 Å². The van der Waals surface area contributed by atoms with Gasteiger partial charge in [-0.2, -0.15) is 0 Å². The number of rotatable bonds is 2. The molecule has 0 amide bonds. The van der Waals surface area contributed by atoms with Crippen LogP contribution in [0, 0.1) is 0 Å². The predicted molar refractivity (Wildman–Crippen MR) is 38.2 cm³/mol. The Labute approximate surface area is 58.8 Å². The van der Waals surface area contributed by atoms with Crippen molar-refractivity contribution in [2.24, 2.45) is 0 Å². The van der Waals surface area contributed by atoms with Gasteiger partial charge in [0.15, 0.2) is 0 Å². The van der Waals surface area contributed by atoms with E-state index >= 15 is 0 Å². The van der Waals surface area contributed by atoms with Gasteiger partial charge in [0.1, 0.15) is 5.82 Å². The zero-order valence-electron chi connectivity index (χ0n) is 4.92. The SMILES string of the molecule is C=Cn1ccnc1CCl. The lowest BCUT2D eigenvalue weighted by atomic mass is 10.7. The van der Waals surface area contributed by atoms with Gasteiger partial charge in [-0.15, -0.1) is 11.6 Å². The average Bonchev–Trinajstić information content (AvgIpc) is 2.33. The molecule has 0 fully saturated rings. The third-order valence-corrected chi connectivity index (χ3v) is 1.30. The molecule has 0 N–H and O–H groups in total. The van der Waals surface area contributed by atoms with Crippen LogP contribution >= 0.6 is 11.6 Å². The van der Waals surface area contributed by atoms with Crippen molar-refractivity contribution in [1.82, 2.24) is 9.55 Å². The van der Waals surface area contributed by atoms with E-state index in [1.807, 2.05) is 6.20 Å². The third kappa shape index (κ3) is 1.13. The fourth-order valence-electron chi connectivity index (χ4n) is 0.614.